The molecule has 0 radical (unpaired) electrons. The van der Waals surface area contributed by atoms with Crippen molar-refractivity contribution in [3.63, 3.8) is 0 Å². The summed E-state index contributed by atoms with van der Waals surface area (Å²) >= 11 is 3.55. The van der Waals surface area contributed by atoms with Crippen LogP contribution in [0.25, 0.3) is 11.1 Å². The molecule has 0 aromatic heterocycles. The van der Waals surface area contributed by atoms with E-state index in [0.29, 0.717) is 0 Å². The van der Waals surface area contributed by atoms with Gasteiger partial charge in [0.25, 0.3) is 0 Å². The highest BCUT2D eigenvalue weighted by Crippen LogP contribution is 2.41. The predicted molar refractivity (Wildman–Crippen MR) is 91.3 cm³/mol. The number of benzene rings is 2. The van der Waals surface area contributed by atoms with Crippen LogP contribution in [-0.4, -0.2) is 13.7 Å². The van der Waals surface area contributed by atoms with Crippen LogP contribution in [0, 0.1) is 6.92 Å². The van der Waals surface area contributed by atoms with E-state index in [1.807, 2.05) is 12.1 Å². The van der Waals surface area contributed by atoms with Gasteiger partial charge in [-0.05, 0) is 40.9 Å². The minimum Gasteiger partial charge on any atom is -0.495 e. The van der Waals surface area contributed by atoms with Crippen molar-refractivity contribution in [3.05, 3.63) is 46.4 Å². The molecule has 0 unspecified atom stereocenters. The van der Waals surface area contributed by atoms with Crippen LogP contribution in [0.15, 0.2) is 40.9 Å². The number of unbranched alkanes of at least 4 members (excludes halogenated alkanes) is 1. The average molecular weight is 349 g/mol. The topological polar surface area (TPSA) is 18.5 Å². The second-order valence-corrected chi connectivity index (χ2v) is 5.83. The summed E-state index contributed by atoms with van der Waals surface area (Å²) in [5.74, 6) is 1.78. The van der Waals surface area contributed by atoms with Gasteiger partial charge in [-0.3, -0.25) is 0 Å². The summed E-state index contributed by atoms with van der Waals surface area (Å²) in [6, 6.07) is 12.3. The lowest BCUT2D eigenvalue weighted by Gasteiger charge is -2.17. The van der Waals surface area contributed by atoms with Crippen LogP contribution in [-0.2, 0) is 0 Å². The molecule has 0 atom stereocenters. The molecule has 0 aliphatic carbocycles. The molecule has 0 fully saturated rings. The first kappa shape index (κ1) is 15.9. The molecule has 21 heavy (non-hydrogen) atoms. The van der Waals surface area contributed by atoms with E-state index in [2.05, 4.69) is 54.0 Å². The van der Waals surface area contributed by atoms with Gasteiger partial charge in [-0.15, -0.1) is 0 Å². The average Bonchev–Trinajstić information content (AvgIpc) is 2.48. The summed E-state index contributed by atoms with van der Waals surface area (Å²) in [7, 11) is 1.69. The monoisotopic (exact) mass is 348 g/mol. The fourth-order valence-electron chi connectivity index (χ4n) is 2.30. The zero-order chi connectivity index (χ0) is 15.2. The molecule has 0 saturated carbocycles. The molecule has 2 aromatic carbocycles. The van der Waals surface area contributed by atoms with Crippen molar-refractivity contribution in [3.8, 4) is 22.6 Å². The van der Waals surface area contributed by atoms with Crippen molar-refractivity contribution < 1.29 is 9.47 Å². The number of hydrogen-bond donors (Lipinski definition) is 0. The zero-order valence-corrected chi connectivity index (χ0v) is 14.4. The van der Waals surface area contributed by atoms with Crippen molar-refractivity contribution in [1.82, 2.24) is 0 Å². The number of rotatable bonds is 6. The third-order valence-electron chi connectivity index (χ3n) is 3.42. The molecule has 0 heterocycles. The summed E-state index contributed by atoms with van der Waals surface area (Å²) in [5, 5.41) is 0. The summed E-state index contributed by atoms with van der Waals surface area (Å²) < 4.78 is 12.5. The first-order chi connectivity index (χ1) is 10.2. The Morgan fingerprint density at radius 2 is 1.67 bits per heavy atom. The van der Waals surface area contributed by atoms with Gasteiger partial charge in [0, 0.05) is 11.1 Å². The van der Waals surface area contributed by atoms with Gasteiger partial charge in [0.1, 0.15) is 11.5 Å². The van der Waals surface area contributed by atoms with Crippen LogP contribution in [0.2, 0.25) is 0 Å². The lowest BCUT2D eigenvalue weighted by atomic mass is 10.0. The Hall–Kier alpha value is -1.48. The van der Waals surface area contributed by atoms with Gasteiger partial charge in [-0.2, -0.15) is 0 Å². The van der Waals surface area contributed by atoms with Gasteiger partial charge in [0.05, 0.1) is 18.2 Å². The van der Waals surface area contributed by atoms with E-state index in [4.69, 9.17) is 9.47 Å². The lowest BCUT2D eigenvalue weighted by molar-refractivity contribution is 0.308. The Morgan fingerprint density at radius 3 is 2.33 bits per heavy atom. The molecular weight excluding hydrogens is 328 g/mol. The normalized spacial score (nSPS) is 10.5. The molecule has 0 N–H and O–H groups in total. The van der Waals surface area contributed by atoms with Gasteiger partial charge in [-0.1, -0.05) is 43.7 Å². The van der Waals surface area contributed by atoms with Crippen molar-refractivity contribution in [1.29, 1.82) is 0 Å². The highest BCUT2D eigenvalue weighted by molar-refractivity contribution is 9.10. The Kier molecular flexibility index (Phi) is 5.68. The standard InChI is InChI=1S/C18H21BrO2/c1-4-5-12-21-17-13(2)8-6-9-14(17)15-10-7-11-16(19)18(15)20-3/h6-11H,4-5,12H2,1-3H3. The molecule has 3 heteroatoms. The van der Waals surface area contributed by atoms with Gasteiger partial charge < -0.3 is 9.47 Å². The van der Waals surface area contributed by atoms with Crippen molar-refractivity contribution in [2.24, 2.45) is 0 Å². The van der Waals surface area contributed by atoms with E-state index in [9.17, 15) is 0 Å². The van der Waals surface area contributed by atoms with E-state index in [1.165, 1.54) is 0 Å². The molecule has 0 aliphatic rings. The largest absolute Gasteiger partial charge is 0.495 e. The Labute approximate surface area is 135 Å². The van der Waals surface area contributed by atoms with E-state index in [0.717, 1.165) is 52.1 Å². The van der Waals surface area contributed by atoms with Crippen LogP contribution in [0.3, 0.4) is 0 Å². The van der Waals surface area contributed by atoms with Crippen molar-refractivity contribution in [2.45, 2.75) is 26.7 Å². The van der Waals surface area contributed by atoms with Crippen LogP contribution in [0.4, 0.5) is 0 Å². The molecule has 0 amide bonds. The van der Waals surface area contributed by atoms with Crippen LogP contribution in [0.5, 0.6) is 11.5 Å². The fourth-order valence-corrected chi connectivity index (χ4v) is 2.83. The molecule has 112 valence electrons. The lowest BCUT2D eigenvalue weighted by Crippen LogP contribution is -2.01. The van der Waals surface area contributed by atoms with E-state index < -0.39 is 0 Å². The predicted octanol–water partition coefficient (Wildman–Crippen LogP) is 5.61. The number of para-hydroxylation sites is 2. The summed E-state index contributed by atoms with van der Waals surface area (Å²) in [4.78, 5) is 0. The highest BCUT2D eigenvalue weighted by atomic mass is 79.9. The minimum absolute atomic E-state index is 0.741. The summed E-state index contributed by atoms with van der Waals surface area (Å²) in [6.45, 7) is 4.99. The third-order valence-corrected chi connectivity index (χ3v) is 4.04. The highest BCUT2D eigenvalue weighted by Gasteiger charge is 2.15. The molecule has 0 bridgehead atoms. The number of aryl methyl sites for hydroxylation is 1. The second kappa shape index (κ2) is 7.51. The third kappa shape index (κ3) is 3.59. The first-order valence-corrected chi connectivity index (χ1v) is 8.03. The quantitative estimate of drug-likeness (QED) is 0.631. The number of hydrogen-bond acceptors (Lipinski definition) is 2. The number of methoxy groups -OCH3 is 1. The van der Waals surface area contributed by atoms with Gasteiger partial charge in [-0.25, -0.2) is 0 Å². The van der Waals surface area contributed by atoms with Crippen LogP contribution < -0.4 is 9.47 Å². The van der Waals surface area contributed by atoms with E-state index in [-0.39, 0.29) is 0 Å². The molecule has 0 spiro atoms. The Morgan fingerprint density at radius 1 is 1.00 bits per heavy atom. The SMILES string of the molecule is CCCCOc1c(C)cccc1-c1cccc(Br)c1OC. The van der Waals surface area contributed by atoms with Crippen molar-refractivity contribution >= 4 is 15.9 Å². The molecular formula is C18H21BrO2. The minimum atomic E-state index is 0.741. The maximum absolute atomic E-state index is 6.03. The molecule has 2 aromatic rings. The Balaban J connectivity index is 2.49. The van der Waals surface area contributed by atoms with Crippen LogP contribution in [0.1, 0.15) is 25.3 Å². The summed E-state index contributed by atoms with van der Waals surface area (Å²) in [6.07, 6.45) is 2.19. The molecule has 0 saturated heterocycles. The van der Waals surface area contributed by atoms with E-state index in [1.54, 1.807) is 7.11 Å². The van der Waals surface area contributed by atoms with Gasteiger partial charge in [0.15, 0.2) is 0 Å². The Bertz CT molecular complexity index is 608. The second-order valence-electron chi connectivity index (χ2n) is 4.97. The molecule has 2 nitrogen and oxygen atoms in total. The van der Waals surface area contributed by atoms with Crippen molar-refractivity contribution in [2.75, 3.05) is 13.7 Å². The molecule has 2 rings (SSSR count). The maximum Gasteiger partial charge on any atom is 0.140 e. The smallest absolute Gasteiger partial charge is 0.140 e. The maximum atomic E-state index is 6.03. The number of ether oxygens (including phenoxy) is 2. The zero-order valence-electron chi connectivity index (χ0n) is 12.8. The van der Waals surface area contributed by atoms with Crippen LogP contribution >= 0.6 is 15.9 Å². The number of halogens is 1. The first-order valence-electron chi connectivity index (χ1n) is 7.24. The fraction of sp³-hybridized carbons (Fsp3) is 0.333. The molecule has 0 aliphatic heterocycles. The van der Waals surface area contributed by atoms with Gasteiger partial charge in [0.2, 0.25) is 0 Å². The summed E-state index contributed by atoms with van der Waals surface area (Å²) in [5.41, 5.74) is 3.26. The van der Waals surface area contributed by atoms with Gasteiger partial charge >= 0.3 is 0 Å². The van der Waals surface area contributed by atoms with E-state index >= 15 is 0 Å².